The lowest BCUT2D eigenvalue weighted by Crippen LogP contribution is -2.29. The molecule has 0 spiro atoms. The summed E-state index contributed by atoms with van der Waals surface area (Å²) in [5.41, 5.74) is 5.97. The lowest BCUT2D eigenvalue weighted by atomic mass is 9.83. The van der Waals surface area contributed by atoms with E-state index in [4.69, 9.17) is 5.73 Å². The minimum absolute atomic E-state index is 0.226. The zero-order chi connectivity index (χ0) is 14.1. The average Bonchev–Trinajstić information content (AvgIpc) is 2.35. The van der Waals surface area contributed by atoms with Crippen molar-refractivity contribution in [1.29, 1.82) is 0 Å². The van der Waals surface area contributed by atoms with Crippen LogP contribution in [0.4, 0.5) is 0 Å². The van der Waals surface area contributed by atoms with Crippen LogP contribution in [0.2, 0.25) is 0 Å². The molecular formula is C16H32N2O. The van der Waals surface area contributed by atoms with Crippen molar-refractivity contribution in [2.24, 2.45) is 17.6 Å². The van der Waals surface area contributed by atoms with Gasteiger partial charge in [0.2, 0.25) is 5.91 Å². The Morgan fingerprint density at radius 3 is 2.79 bits per heavy atom. The number of unbranched alkanes of at least 4 members (excludes halogenated alkanes) is 1. The third kappa shape index (κ3) is 8.25. The molecule has 1 rings (SSSR count). The SMILES string of the molecule is CC(C)CCCCNC(=O)CCC1CCCC(N)C1. The largest absolute Gasteiger partial charge is 0.356 e. The van der Waals surface area contributed by atoms with Crippen molar-refractivity contribution in [2.45, 2.75) is 77.7 Å². The molecule has 3 heteroatoms. The first-order chi connectivity index (χ1) is 9.08. The van der Waals surface area contributed by atoms with Gasteiger partial charge >= 0.3 is 0 Å². The molecule has 2 unspecified atom stereocenters. The number of rotatable bonds is 8. The Balaban J connectivity index is 1.98. The van der Waals surface area contributed by atoms with Gasteiger partial charge in [-0.3, -0.25) is 4.79 Å². The first-order valence-electron chi connectivity index (χ1n) is 8.10. The minimum Gasteiger partial charge on any atom is -0.356 e. The van der Waals surface area contributed by atoms with Crippen LogP contribution < -0.4 is 11.1 Å². The Hall–Kier alpha value is -0.570. The fourth-order valence-electron chi connectivity index (χ4n) is 2.92. The van der Waals surface area contributed by atoms with Crippen LogP contribution in [-0.2, 0) is 4.79 Å². The van der Waals surface area contributed by atoms with Crippen LogP contribution >= 0.6 is 0 Å². The van der Waals surface area contributed by atoms with E-state index in [9.17, 15) is 4.79 Å². The molecule has 0 aromatic carbocycles. The molecule has 1 fully saturated rings. The molecule has 112 valence electrons. The third-order valence-electron chi connectivity index (χ3n) is 4.13. The van der Waals surface area contributed by atoms with E-state index >= 15 is 0 Å². The quantitative estimate of drug-likeness (QED) is 0.664. The van der Waals surface area contributed by atoms with Crippen LogP contribution in [0.1, 0.15) is 71.6 Å². The van der Waals surface area contributed by atoms with Crippen molar-refractivity contribution in [3.05, 3.63) is 0 Å². The highest BCUT2D eigenvalue weighted by Gasteiger charge is 2.19. The van der Waals surface area contributed by atoms with E-state index in [2.05, 4.69) is 19.2 Å². The van der Waals surface area contributed by atoms with E-state index < -0.39 is 0 Å². The topological polar surface area (TPSA) is 55.1 Å². The Morgan fingerprint density at radius 1 is 1.32 bits per heavy atom. The van der Waals surface area contributed by atoms with E-state index in [1.54, 1.807) is 0 Å². The second-order valence-corrected chi connectivity index (χ2v) is 6.57. The summed E-state index contributed by atoms with van der Waals surface area (Å²) in [5.74, 6) is 1.67. The Kier molecular flexibility index (Phi) is 8.11. The maximum Gasteiger partial charge on any atom is 0.220 e. The summed E-state index contributed by atoms with van der Waals surface area (Å²) in [6.45, 7) is 5.33. The summed E-state index contributed by atoms with van der Waals surface area (Å²) in [6.07, 6.45) is 10.1. The summed E-state index contributed by atoms with van der Waals surface area (Å²) in [7, 11) is 0. The summed E-state index contributed by atoms with van der Waals surface area (Å²) < 4.78 is 0. The Bertz CT molecular complexity index is 253. The summed E-state index contributed by atoms with van der Waals surface area (Å²) >= 11 is 0. The number of carbonyl (C=O) groups excluding carboxylic acids is 1. The van der Waals surface area contributed by atoms with Gasteiger partial charge in [0.25, 0.3) is 0 Å². The van der Waals surface area contributed by atoms with Gasteiger partial charge in [0.15, 0.2) is 0 Å². The van der Waals surface area contributed by atoms with Crippen molar-refractivity contribution in [3.63, 3.8) is 0 Å². The molecular weight excluding hydrogens is 236 g/mol. The van der Waals surface area contributed by atoms with E-state index in [0.29, 0.717) is 18.4 Å². The predicted octanol–water partition coefficient (Wildman–Crippen LogP) is 3.23. The number of nitrogens with one attached hydrogen (secondary N) is 1. The summed E-state index contributed by atoms with van der Waals surface area (Å²) in [6, 6.07) is 0.373. The molecule has 1 amide bonds. The number of hydrogen-bond acceptors (Lipinski definition) is 2. The third-order valence-corrected chi connectivity index (χ3v) is 4.13. The summed E-state index contributed by atoms with van der Waals surface area (Å²) in [5, 5.41) is 3.04. The molecule has 1 aliphatic carbocycles. The standard InChI is InChI=1S/C16H32N2O/c1-13(2)6-3-4-11-18-16(19)10-9-14-7-5-8-15(17)12-14/h13-15H,3-12,17H2,1-2H3,(H,18,19). The van der Waals surface area contributed by atoms with Crippen LogP contribution in [0, 0.1) is 11.8 Å². The molecule has 0 saturated heterocycles. The second kappa shape index (κ2) is 9.35. The van der Waals surface area contributed by atoms with Crippen molar-refractivity contribution >= 4 is 5.91 Å². The first-order valence-corrected chi connectivity index (χ1v) is 8.10. The van der Waals surface area contributed by atoms with Crippen LogP contribution in [0.25, 0.3) is 0 Å². The molecule has 3 nitrogen and oxygen atoms in total. The van der Waals surface area contributed by atoms with Gasteiger partial charge in [-0.2, -0.15) is 0 Å². The molecule has 0 heterocycles. The van der Waals surface area contributed by atoms with Gasteiger partial charge in [-0.1, -0.05) is 39.5 Å². The van der Waals surface area contributed by atoms with Gasteiger partial charge in [0, 0.05) is 19.0 Å². The molecule has 0 bridgehead atoms. The van der Waals surface area contributed by atoms with E-state index in [-0.39, 0.29) is 5.91 Å². The van der Waals surface area contributed by atoms with Crippen molar-refractivity contribution in [2.75, 3.05) is 6.54 Å². The van der Waals surface area contributed by atoms with Gasteiger partial charge in [-0.15, -0.1) is 0 Å². The maximum atomic E-state index is 11.7. The molecule has 19 heavy (non-hydrogen) atoms. The molecule has 3 N–H and O–H groups in total. The van der Waals surface area contributed by atoms with E-state index in [1.165, 1.54) is 32.1 Å². The van der Waals surface area contributed by atoms with Gasteiger partial charge in [0.05, 0.1) is 0 Å². The second-order valence-electron chi connectivity index (χ2n) is 6.57. The molecule has 0 aliphatic heterocycles. The number of hydrogen-bond donors (Lipinski definition) is 2. The Labute approximate surface area is 118 Å². The highest BCUT2D eigenvalue weighted by molar-refractivity contribution is 5.75. The highest BCUT2D eigenvalue weighted by Crippen LogP contribution is 2.26. The van der Waals surface area contributed by atoms with Crippen molar-refractivity contribution in [1.82, 2.24) is 5.32 Å². The lowest BCUT2D eigenvalue weighted by Gasteiger charge is -2.26. The van der Waals surface area contributed by atoms with Crippen LogP contribution in [0.15, 0.2) is 0 Å². The smallest absolute Gasteiger partial charge is 0.220 e. The molecule has 0 aromatic heterocycles. The first kappa shape index (κ1) is 16.5. The van der Waals surface area contributed by atoms with E-state index in [1.807, 2.05) is 0 Å². The molecule has 2 atom stereocenters. The fraction of sp³-hybridized carbons (Fsp3) is 0.938. The lowest BCUT2D eigenvalue weighted by molar-refractivity contribution is -0.121. The molecule has 0 radical (unpaired) electrons. The average molecular weight is 268 g/mol. The fourth-order valence-corrected chi connectivity index (χ4v) is 2.92. The molecule has 1 aliphatic rings. The number of nitrogens with two attached hydrogens (primary N) is 1. The van der Waals surface area contributed by atoms with Crippen LogP contribution in [0.3, 0.4) is 0 Å². The van der Waals surface area contributed by atoms with Crippen LogP contribution in [-0.4, -0.2) is 18.5 Å². The Morgan fingerprint density at radius 2 is 2.11 bits per heavy atom. The molecule has 0 aromatic rings. The number of amides is 1. The normalized spacial score (nSPS) is 23.6. The zero-order valence-electron chi connectivity index (χ0n) is 12.8. The monoisotopic (exact) mass is 268 g/mol. The van der Waals surface area contributed by atoms with Crippen molar-refractivity contribution in [3.8, 4) is 0 Å². The zero-order valence-corrected chi connectivity index (χ0v) is 12.8. The number of carbonyl (C=O) groups is 1. The van der Waals surface area contributed by atoms with Gasteiger partial charge in [-0.05, 0) is 37.5 Å². The van der Waals surface area contributed by atoms with Gasteiger partial charge in [-0.25, -0.2) is 0 Å². The highest BCUT2D eigenvalue weighted by atomic mass is 16.1. The maximum absolute atomic E-state index is 11.7. The molecule has 1 saturated carbocycles. The van der Waals surface area contributed by atoms with E-state index in [0.717, 1.165) is 31.7 Å². The van der Waals surface area contributed by atoms with Gasteiger partial charge in [0.1, 0.15) is 0 Å². The minimum atomic E-state index is 0.226. The summed E-state index contributed by atoms with van der Waals surface area (Å²) in [4.78, 5) is 11.7. The van der Waals surface area contributed by atoms with Crippen LogP contribution in [0.5, 0.6) is 0 Å². The van der Waals surface area contributed by atoms with Gasteiger partial charge < -0.3 is 11.1 Å². The van der Waals surface area contributed by atoms with Crippen molar-refractivity contribution < 1.29 is 4.79 Å². The predicted molar refractivity (Wildman–Crippen MR) is 80.9 cm³/mol.